The maximum Gasteiger partial charge on any atom is 0.130 e. The Hall–Kier alpha value is -0.680. The zero-order valence-corrected chi connectivity index (χ0v) is 10.8. The van der Waals surface area contributed by atoms with E-state index < -0.39 is 0 Å². The minimum atomic E-state index is 0.808. The van der Waals surface area contributed by atoms with Crippen LogP contribution in [0.3, 0.4) is 0 Å². The zero-order chi connectivity index (χ0) is 11.1. The maximum atomic E-state index is 4.12. The van der Waals surface area contributed by atoms with E-state index in [1.165, 1.54) is 0 Å². The van der Waals surface area contributed by atoms with E-state index in [1.807, 2.05) is 6.07 Å². The van der Waals surface area contributed by atoms with Crippen molar-refractivity contribution >= 4 is 21.7 Å². The standard InChI is InChI=1S/C10H17BrN4/c1-3-15(4-2)6-5-12-10-7-9(11)13-8-14-10/h7-8H,3-6H2,1-2H3,(H,12,13,14). The van der Waals surface area contributed by atoms with Gasteiger partial charge >= 0.3 is 0 Å². The molecule has 0 amide bonds. The molecule has 1 aromatic rings. The average Bonchev–Trinajstić information content (AvgIpc) is 2.25. The van der Waals surface area contributed by atoms with Crippen molar-refractivity contribution in [2.24, 2.45) is 0 Å². The lowest BCUT2D eigenvalue weighted by atomic mass is 10.4. The molecule has 0 aromatic carbocycles. The number of hydrogen-bond donors (Lipinski definition) is 1. The van der Waals surface area contributed by atoms with Gasteiger partial charge in [0.2, 0.25) is 0 Å². The Morgan fingerprint density at radius 3 is 2.67 bits per heavy atom. The molecular weight excluding hydrogens is 256 g/mol. The number of anilines is 1. The molecule has 0 atom stereocenters. The highest BCUT2D eigenvalue weighted by molar-refractivity contribution is 9.10. The second kappa shape index (κ2) is 6.74. The van der Waals surface area contributed by atoms with Gasteiger partial charge in [-0.15, -0.1) is 0 Å². The van der Waals surface area contributed by atoms with E-state index in [0.29, 0.717) is 0 Å². The molecule has 0 aliphatic carbocycles. The molecule has 1 aromatic heterocycles. The Kier molecular flexibility index (Phi) is 5.57. The predicted molar refractivity (Wildman–Crippen MR) is 66.0 cm³/mol. The van der Waals surface area contributed by atoms with E-state index in [1.54, 1.807) is 6.33 Å². The highest BCUT2D eigenvalue weighted by Crippen LogP contribution is 2.08. The Morgan fingerprint density at radius 2 is 2.07 bits per heavy atom. The molecule has 84 valence electrons. The van der Waals surface area contributed by atoms with Crippen LogP contribution in [0.2, 0.25) is 0 Å². The van der Waals surface area contributed by atoms with Crippen LogP contribution in [-0.2, 0) is 0 Å². The summed E-state index contributed by atoms with van der Waals surface area (Å²) in [7, 11) is 0. The monoisotopic (exact) mass is 272 g/mol. The van der Waals surface area contributed by atoms with Crippen LogP contribution in [-0.4, -0.2) is 41.0 Å². The Balaban J connectivity index is 2.31. The first kappa shape index (κ1) is 12.4. The normalized spacial score (nSPS) is 10.7. The van der Waals surface area contributed by atoms with Crippen molar-refractivity contribution in [2.45, 2.75) is 13.8 Å². The Labute approximate surface area is 99.2 Å². The van der Waals surface area contributed by atoms with Gasteiger partial charge in [-0.25, -0.2) is 9.97 Å². The number of likely N-dealkylation sites (N-methyl/N-ethyl adjacent to an activating group) is 1. The Bertz CT molecular complexity index is 289. The quantitative estimate of drug-likeness (QED) is 0.805. The van der Waals surface area contributed by atoms with Gasteiger partial charge in [-0.2, -0.15) is 0 Å². The summed E-state index contributed by atoms with van der Waals surface area (Å²) in [6.45, 7) is 8.46. The first-order valence-corrected chi connectivity index (χ1v) is 5.99. The number of halogens is 1. The summed E-state index contributed by atoms with van der Waals surface area (Å²) < 4.78 is 0.808. The summed E-state index contributed by atoms with van der Waals surface area (Å²) in [5.74, 6) is 0.865. The summed E-state index contributed by atoms with van der Waals surface area (Å²) in [6.07, 6.45) is 1.55. The number of nitrogens with one attached hydrogen (secondary N) is 1. The van der Waals surface area contributed by atoms with E-state index in [0.717, 1.165) is 36.6 Å². The first-order chi connectivity index (χ1) is 7.26. The number of aromatic nitrogens is 2. The van der Waals surface area contributed by atoms with Crippen LogP contribution in [0.5, 0.6) is 0 Å². The number of hydrogen-bond acceptors (Lipinski definition) is 4. The summed E-state index contributed by atoms with van der Waals surface area (Å²) in [5, 5.41) is 3.26. The lowest BCUT2D eigenvalue weighted by Gasteiger charge is -2.18. The van der Waals surface area contributed by atoms with Gasteiger partial charge in [0, 0.05) is 19.2 Å². The molecule has 1 rings (SSSR count). The third-order valence-corrected chi connectivity index (χ3v) is 2.70. The molecule has 0 unspecified atom stereocenters. The van der Waals surface area contributed by atoms with Crippen LogP contribution in [0.4, 0.5) is 5.82 Å². The van der Waals surface area contributed by atoms with E-state index in [9.17, 15) is 0 Å². The average molecular weight is 273 g/mol. The van der Waals surface area contributed by atoms with E-state index in [2.05, 4.69) is 50.0 Å². The smallest absolute Gasteiger partial charge is 0.130 e. The van der Waals surface area contributed by atoms with Crippen LogP contribution >= 0.6 is 15.9 Å². The number of nitrogens with zero attached hydrogens (tertiary/aromatic N) is 3. The molecule has 0 fully saturated rings. The molecule has 0 radical (unpaired) electrons. The summed E-state index contributed by atoms with van der Waals surface area (Å²) in [5.41, 5.74) is 0. The maximum absolute atomic E-state index is 4.12. The summed E-state index contributed by atoms with van der Waals surface area (Å²) in [6, 6.07) is 1.88. The van der Waals surface area contributed by atoms with Gasteiger partial charge < -0.3 is 10.2 Å². The third-order valence-electron chi connectivity index (χ3n) is 2.26. The molecule has 1 heterocycles. The molecule has 0 aliphatic heterocycles. The van der Waals surface area contributed by atoms with Crippen LogP contribution < -0.4 is 5.32 Å². The van der Waals surface area contributed by atoms with Gasteiger partial charge in [0.1, 0.15) is 16.7 Å². The molecule has 15 heavy (non-hydrogen) atoms. The van der Waals surface area contributed by atoms with Crippen LogP contribution in [0, 0.1) is 0 Å². The van der Waals surface area contributed by atoms with Crippen molar-refractivity contribution in [3.63, 3.8) is 0 Å². The van der Waals surface area contributed by atoms with E-state index >= 15 is 0 Å². The van der Waals surface area contributed by atoms with Gasteiger partial charge in [0.05, 0.1) is 0 Å². The molecule has 0 saturated carbocycles. The van der Waals surface area contributed by atoms with Gasteiger partial charge in [0.25, 0.3) is 0 Å². The highest BCUT2D eigenvalue weighted by atomic mass is 79.9. The van der Waals surface area contributed by atoms with E-state index in [4.69, 9.17) is 0 Å². The second-order valence-electron chi connectivity index (χ2n) is 3.18. The van der Waals surface area contributed by atoms with Crippen LogP contribution in [0.1, 0.15) is 13.8 Å². The van der Waals surface area contributed by atoms with Crippen molar-refractivity contribution in [3.05, 3.63) is 17.0 Å². The Morgan fingerprint density at radius 1 is 1.33 bits per heavy atom. The third kappa shape index (κ3) is 4.57. The van der Waals surface area contributed by atoms with Crippen molar-refractivity contribution in [1.82, 2.24) is 14.9 Å². The zero-order valence-electron chi connectivity index (χ0n) is 9.20. The first-order valence-electron chi connectivity index (χ1n) is 5.20. The summed E-state index contributed by atoms with van der Waals surface area (Å²) in [4.78, 5) is 10.5. The van der Waals surface area contributed by atoms with Crippen molar-refractivity contribution in [1.29, 1.82) is 0 Å². The minimum absolute atomic E-state index is 0.808. The lowest BCUT2D eigenvalue weighted by Crippen LogP contribution is -2.28. The largest absolute Gasteiger partial charge is 0.369 e. The molecule has 5 heteroatoms. The SMILES string of the molecule is CCN(CC)CCNc1cc(Br)ncn1. The fraction of sp³-hybridized carbons (Fsp3) is 0.600. The molecule has 0 spiro atoms. The molecule has 0 aliphatic rings. The van der Waals surface area contributed by atoms with Crippen LogP contribution in [0.15, 0.2) is 17.0 Å². The highest BCUT2D eigenvalue weighted by Gasteiger charge is 1.99. The molecule has 1 N–H and O–H groups in total. The lowest BCUT2D eigenvalue weighted by molar-refractivity contribution is 0.316. The van der Waals surface area contributed by atoms with Gasteiger partial charge in [-0.05, 0) is 29.0 Å². The van der Waals surface area contributed by atoms with Gasteiger partial charge in [-0.1, -0.05) is 13.8 Å². The topological polar surface area (TPSA) is 41.0 Å². The van der Waals surface area contributed by atoms with E-state index in [-0.39, 0.29) is 0 Å². The van der Waals surface area contributed by atoms with Gasteiger partial charge in [0.15, 0.2) is 0 Å². The fourth-order valence-electron chi connectivity index (χ4n) is 1.31. The molecular formula is C10H17BrN4. The van der Waals surface area contributed by atoms with Crippen molar-refractivity contribution in [3.8, 4) is 0 Å². The molecule has 0 saturated heterocycles. The van der Waals surface area contributed by atoms with Gasteiger partial charge in [-0.3, -0.25) is 0 Å². The molecule has 4 nitrogen and oxygen atoms in total. The fourth-order valence-corrected chi connectivity index (χ4v) is 1.62. The number of rotatable bonds is 6. The van der Waals surface area contributed by atoms with Crippen molar-refractivity contribution in [2.75, 3.05) is 31.5 Å². The minimum Gasteiger partial charge on any atom is -0.369 e. The van der Waals surface area contributed by atoms with Crippen LogP contribution in [0.25, 0.3) is 0 Å². The van der Waals surface area contributed by atoms with Crippen molar-refractivity contribution < 1.29 is 0 Å². The summed E-state index contributed by atoms with van der Waals surface area (Å²) >= 11 is 3.31. The second-order valence-corrected chi connectivity index (χ2v) is 3.99. The molecule has 0 bridgehead atoms. The predicted octanol–water partition coefficient (Wildman–Crippen LogP) is 1.99.